The van der Waals surface area contributed by atoms with Gasteiger partial charge in [-0.3, -0.25) is 14.4 Å². The zero-order valence-electron chi connectivity index (χ0n) is 30.5. The smallest absolute Gasteiger partial charge is 0.408 e. The first-order valence-electron chi connectivity index (χ1n) is 15.2. The lowest BCUT2D eigenvalue weighted by Gasteiger charge is -2.29. The molecule has 0 fully saturated rings. The maximum Gasteiger partial charge on any atom is 0.408 e. The third-order valence-corrected chi connectivity index (χ3v) is 5.48. The average molecular weight is 663 g/mol. The highest BCUT2D eigenvalue weighted by molar-refractivity contribution is 5.93. The van der Waals surface area contributed by atoms with E-state index in [4.69, 9.17) is 20.3 Å². The van der Waals surface area contributed by atoms with Gasteiger partial charge in [0.25, 0.3) is 0 Å². The number of Topliss-reactive ketones (excluding diaryl/α,β-unsaturated/α-hetero) is 2. The van der Waals surface area contributed by atoms with Crippen LogP contribution in [0.4, 0.5) is 9.59 Å². The van der Waals surface area contributed by atoms with Crippen molar-refractivity contribution in [2.24, 2.45) is 17.6 Å². The van der Waals surface area contributed by atoms with E-state index in [1.165, 1.54) is 27.7 Å². The van der Waals surface area contributed by atoms with Crippen LogP contribution >= 0.6 is 0 Å². The molecule has 0 aromatic carbocycles. The molecular formula is C33H66N4O9. The predicted octanol–water partition coefficient (Wildman–Crippen LogP) is 5.37. The molecule has 0 aliphatic rings. The predicted molar refractivity (Wildman–Crippen MR) is 181 cm³/mol. The minimum absolute atomic E-state index is 0. The molecule has 0 aromatic rings. The number of carbonyl (C=O) groups is 6. The van der Waals surface area contributed by atoms with Gasteiger partial charge in [0.2, 0.25) is 5.91 Å². The van der Waals surface area contributed by atoms with Crippen LogP contribution in [0.15, 0.2) is 0 Å². The standard InChI is InChI=1S/C16H30N2O4.C9H17NO4.C7H15NO.CH4/c1-10(2)9-12(11(3)19)17-13(20)16(7,8)18-14(21)22-15(4,5)6;1-8(2,3)14-7(13)10-9(4,5)6(11)12;1-5(2)4-7(8)6(3)9;/h10,12H,9H2,1-8H3,(H,17,20)(H,18,21);1-5H3,(H,10,13)(H,11,12);5,7H,4,8H2,1-3H3;1H4/t12-;;7-;/m1.1./s1. The third-order valence-electron chi connectivity index (χ3n) is 5.48. The van der Waals surface area contributed by atoms with E-state index in [9.17, 15) is 28.8 Å². The number of nitrogens with two attached hydrogens (primary N) is 1. The number of hydrogen-bond acceptors (Lipinski definition) is 9. The highest BCUT2D eigenvalue weighted by Crippen LogP contribution is 2.12. The lowest BCUT2D eigenvalue weighted by atomic mass is 9.98. The van der Waals surface area contributed by atoms with Crippen molar-refractivity contribution < 1.29 is 43.3 Å². The van der Waals surface area contributed by atoms with E-state index in [-0.39, 0.29) is 31.0 Å². The summed E-state index contributed by atoms with van der Waals surface area (Å²) in [5, 5.41) is 16.2. The fourth-order valence-electron chi connectivity index (χ4n) is 3.04. The van der Waals surface area contributed by atoms with Crippen molar-refractivity contribution in [1.29, 1.82) is 0 Å². The molecule has 0 radical (unpaired) electrons. The van der Waals surface area contributed by atoms with Gasteiger partial charge in [0, 0.05) is 0 Å². The van der Waals surface area contributed by atoms with Gasteiger partial charge in [0.15, 0.2) is 5.78 Å². The summed E-state index contributed by atoms with van der Waals surface area (Å²) in [7, 11) is 0. The molecule has 3 amide bonds. The minimum Gasteiger partial charge on any atom is -0.480 e. The van der Waals surface area contributed by atoms with Gasteiger partial charge in [-0.1, -0.05) is 35.1 Å². The SMILES string of the molecule is C.CC(=O)[C@@H](CC(C)C)NC(=O)C(C)(C)NC(=O)OC(C)(C)C.CC(=O)[C@H](N)CC(C)C.CC(C)(C)OC(=O)NC(C)(C)C(=O)O. The van der Waals surface area contributed by atoms with Crippen molar-refractivity contribution in [2.45, 2.75) is 165 Å². The van der Waals surface area contributed by atoms with Gasteiger partial charge in [-0.05, 0) is 108 Å². The number of amides is 3. The molecule has 0 unspecified atom stereocenters. The highest BCUT2D eigenvalue weighted by Gasteiger charge is 2.34. The molecule has 0 aliphatic carbocycles. The number of ether oxygens (including phenoxy) is 2. The molecule has 0 bridgehead atoms. The largest absolute Gasteiger partial charge is 0.480 e. The highest BCUT2D eigenvalue weighted by atomic mass is 16.6. The fourth-order valence-corrected chi connectivity index (χ4v) is 3.04. The topological polar surface area (TPSA) is 203 Å². The molecule has 13 heteroatoms. The lowest BCUT2D eigenvalue weighted by molar-refractivity contribution is -0.143. The fraction of sp³-hybridized carbons (Fsp3) is 0.818. The van der Waals surface area contributed by atoms with Gasteiger partial charge >= 0.3 is 18.2 Å². The number of carboxylic acid groups (broad SMARTS) is 1. The summed E-state index contributed by atoms with van der Waals surface area (Å²) in [6.07, 6.45) is -0.0420. The Kier molecular flexibility index (Phi) is 22.5. The average Bonchev–Trinajstić information content (AvgIpc) is 2.74. The van der Waals surface area contributed by atoms with Crippen LogP contribution in [0.5, 0.6) is 0 Å². The van der Waals surface area contributed by atoms with Crippen molar-refractivity contribution >= 4 is 35.6 Å². The molecule has 0 aromatic heterocycles. The second kappa shape index (κ2) is 20.8. The first kappa shape index (κ1) is 49.7. The number of nitrogens with one attached hydrogen (secondary N) is 3. The Morgan fingerprint density at radius 1 is 0.652 bits per heavy atom. The lowest BCUT2D eigenvalue weighted by Crippen LogP contribution is -2.58. The number of rotatable bonds is 11. The number of carbonyl (C=O) groups excluding carboxylic acids is 5. The molecule has 6 N–H and O–H groups in total. The summed E-state index contributed by atoms with van der Waals surface area (Å²) in [6, 6.07) is -0.794. The minimum atomic E-state index is -1.32. The summed E-state index contributed by atoms with van der Waals surface area (Å²) in [5.74, 6) is -0.749. The third kappa shape index (κ3) is 27.1. The molecule has 46 heavy (non-hydrogen) atoms. The number of hydrogen-bond donors (Lipinski definition) is 5. The molecule has 0 saturated heterocycles. The molecular weight excluding hydrogens is 596 g/mol. The first-order chi connectivity index (χ1) is 19.8. The van der Waals surface area contributed by atoms with E-state index in [0.29, 0.717) is 12.3 Å². The second-order valence-electron chi connectivity index (χ2n) is 14.9. The Morgan fingerprint density at radius 2 is 1.00 bits per heavy atom. The van der Waals surface area contributed by atoms with Gasteiger partial charge in [0.1, 0.15) is 28.1 Å². The van der Waals surface area contributed by atoms with Crippen molar-refractivity contribution in [3.05, 3.63) is 0 Å². The normalized spacial score (nSPS) is 12.8. The Labute approximate surface area is 277 Å². The Morgan fingerprint density at radius 3 is 1.24 bits per heavy atom. The van der Waals surface area contributed by atoms with Crippen molar-refractivity contribution in [3.8, 4) is 0 Å². The van der Waals surface area contributed by atoms with Crippen LogP contribution in [0.1, 0.15) is 131 Å². The quantitative estimate of drug-likeness (QED) is 0.191. The molecule has 0 aliphatic heterocycles. The Hall–Kier alpha value is -3.22. The molecule has 0 rings (SSSR count). The maximum absolute atomic E-state index is 12.3. The number of aliphatic carboxylic acids is 1. The molecule has 0 saturated carbocycles. The van der Waals surface area contributed by atoms with E-state index < -0.39 is 52.4 Å². The van der Waals surface area contributed by atoms with Crippen LogP contribution in [-0.4, -0.2) is 75.1 Å². The second-order valence-corrected chi connectivity index (χ2v) is 14.9. The summed E-state index contributed by atoms with van der Waals surface area (Å²) in [6.45, 7) is 27.3. The molecule has 13 nitrogen and oxygen atoms in total. The zero-order valence-corrected chi connectivity index (χ0v) is 30.5. The van der Waals surface area contributed by atoms with Gasteiger partial charge in [-0.25, -0.2) is 14.4 Å². The van der Waals surface area contributed by atoms with Crippen LogP contribution in [0.2, 0.25) is 0 Å². The van der Waals surface area contributed by atoms with Crippen LogP contribution in [-0.2, 0) is 28.7 Å². The molecule has 2 atom stereocenters. The number of ketones is 2. The van der Waals surface area contributed by atoms with Crippen LogP contribution < -0.4 is 21.7 Å². The molecule has 272 valence electrons. The monoisotopic (exact) mass is 662 g/mol. The van der Waals surface area contributed by atoms with E-state index in [1.807, 2.05) is 13.8 Å². The maximum atomic E-state index is 12.3. The molecule has 0 spiro atoms. The zero-order chi connectivity index (χ0) is 36.7. The Bertz CT molecular complexity index is 992. The van der Waals surface area contributed by atoms with Crippen molar-refractivity contribution in [1.82, 2.24) is 16.0 Å². The van der Waals surface area contributed by atoms with E-state index in [2.05, 4.69) is 29.8 Å². The summed E-state index contributed by atoms with van der Waals surface area (Å²) < 4.78 is 10.1. The van der Waals surface area contributed by atoms with E-state index >= 15 is 0 Å². The molecule has 0 heterocycles. The summed E-state index contributed by atoms with van der Waals surface area (Å²) in [5.41, 5.74) is 1.71. The van der Waals surface area contributed by atoms with Crippen molar-refractivity contribution in [3.63, 3.8) is 0 Å². The summed E-state index contributed by atoms with van der Waals surface area (Å²) in [4.78, 5) is 68.1. The van der Waals surface area contributed by atoms with Gasteiger partial charge in [-0.15, -0.1) is 0 Å². The van der Waals surface area contributed by atoms with E-state index in [1.54, 1.807) is 55.4 Å². The van der Waals surface area contributed by atoms with Crippen LogP contribution in [0, 0.1) is 11.8 Å². The first-order valence-corrected chi connectivity index (χ1v) is 15.2. The van der Waals surface area contributed by atoms with Gasteiger partial charge in [-0.2, -0.15) is 0 Å². The van der Waals surface area contributed by atoms with Gasteiger partial charge < -0.3 is 36.3 Å². The Balaban J connectivity index is -0.000000314. The van der Waals surface area contributed by atoms with Gasteiger partial charge in [0.05, 0.1) is 12.1 Å². The number of carboxylic acids is 1. The number of alkyl carbamates (subject to hydrolysis) is 2. The van der Waals surface area contributed by atoms with Crippen molar-refractivity contribution in [2.75, 3.05) is 0 Å². The van der Waals surface area contributed by atoms with E-state index in [0.717, 1.165) is 6.42 Å². The van der Waals surface area contributed by atoms with Crippen LogP contribution in [0.25, 0.3) is 0 Å². The summed E-state index contributed by atoms with van der Waals surface area (Å²) >= 11 is 0. The van der Waals surface area contributed by atoms with Crippen LogP contribution in [0.3, 0.4) is 0 Å².